The van der Waals surface area contributed by atoms with Gasteiger partial charge in [-0.3, -0.25) is 4.90 Å². The van der Waals surface area contributed by atoms with Crippen molar-refractivity contribution in [1.82, 2.24) is 15.5 Å². The number of aliphatic hydroxyl groups is 1. The lowest BCUT2D eigenvalue weighted by atomic mass is 9.51. The van der Waals surface area contributed by atoms with Crippen LogP contribution in [0.2, 0.25) is 0 Å². The van der Waals surface area contributed by atoms with Gasteiger partial charge in [0.15, 0.2) is 5.96 Å². The molecule has 1 aromatic carbocycles. The standard InChI is InChI=1S/C25H40N4O2/c1-3-26-24(28-22-16-23(31-4-2)25(22)12-5-13-25)27-17-19-6-8-20(9-7-19)18-29-14-10-21(30)11-15-29/h6-9,21-23,30H,3-5,10-18H2,1-2H3,(H2,26,27,28). The highest BCUT2D eigenvalue weighted by Gasteiger charge is 2.59. The zero-order valence-corrected chi connectivity index (χ0v) is 19.3. The first-order valence-corrected chi connectivity index (χ1v) is 12.3. The normalized spacial score (nSPS) is 26.4. The fourth-order valence-electron chi connectivity index (χ4n) is 5.38. The van der Waals surface area contributed by atoms with E-state index in [0.29, 0.717) is 24.1 Å². The molecule has 31 heavy (non-hydrogen) atoms. The summed E-state index contributed by atoms with van der Waals surface area (Å²) in [7, 11) is 0. The zero-order valence-electron chi connectivity index (χ0n) is 19.3. The Kier molecular flexibility index (Phi) is 7.51. The van der Waals surface area contributed by atoms with E-state index in [4.69, 9.17) is 9.73 Å². The van der Waals surface area contributed by atoms with Crippen LogP contribution in [-0.2, 0) is 17.8 Å². The minimum absolute atomic E-state index is 0.111. The molecule has 3 N–H and O–H groups in total. The second kappa shape index (κ2) is 10.3. The van der Waals surface area contributed by atoms with Crippen molar-refractivity contribution in [3.05, 3.63) is 35.4 Å². The summed E-state index contributed by atoms with van der Waals surface area (Å²) < 4.78 is 5.99. The summed E-state index contributed by atoms with van der Waals surface area (Å²) in [5.41, 5.74) is 2.89. The lowest BCUT2D eigenvalue weighted by molar-refractivity contribution is -0.168. The molecule has 2 saturated carbocycles. The van der Waals surface area contributed by atoms with Crippen LogP contribution in [0.3, 0.4) is 0 Å². The smallest absolute Gasteiger partial charge is 0.191 e. The maximum Gasteiger partial charge on any atom is 0.191 e. The summed E-state index contributed by atoms with van der Waals surface area (Å²) in [6.07, 6.45) is 7.03. The molecule has 1 spiro atoms. The van der Waals surface area contributed by atoms with Gasteiger partial charge in [0.05, 0.1) is 18.8 Å². The van der Waals surface area contributed by atoms with Crippen LogP contribution in [-0.4, -0.2) is 60.5 Å². The molecule has 0 aromatic heterocycles. The quantitative estimate of drug-likeness (QED) is 0.439. The van der Waals surface area contributed by atoms with Gasteiger partial charge in [0, 0.05) is 44.2 Å². The average Bonchev–Trinajstić information content (AvgIpc) is 2.72. The number of aliphatic imine (C=N–C) groups is 1. The van der Waals surface area contributed by atoms with Crippen molar-refractivity contribution < 1.29 is 9.84 Å². The van der Waals surface area contributed by atoms with Crippen molar-refractivity contribution in [2.45, 2.75) is 83.7 Å². The molecule has 0 bridgehead atoms. The Bertz CT molecular complexity index is 724. The number of rotatable bonds is 8. The van der Waals surface area contributed by atoms with Crippen LogP contribution < -0.4 is 10.6 Å². The van der Waals surface area contributed by atoms with E-state index in [1.807, 2.05) is 0 Å². The third-order valence-electron chi connectivity index (χ3n) is 7.50. The third kappa shape index (κ3) is 5.24. The van der Waals surface area contributed by atoms with Crippen molar-refractivity contribution in [2.24, 2.45) is 10.4 Å². The zero-order chi connectivity index (χ0) is 21.7. The molecule has 1 saturated heterocycles. The summed E-state index contributed by atoms with van der Waals surface area (Å²) in [5, 5.41) is 16.8. The largest absolute Gasteiger partial charge is 0.393 e. The molecule has 6 heteroatoms. The van der Waals surface area contributed by atoms with Gasteiger partial charge in [0.1, 0.15) is 0 Å². The number of nitrogens with one attached hydrogen (secondary N) is 2. The fourth-order valence-corrected chi connectivity index (χ4v) is 5.38. The number of likely N-dealkylation sites (tertiary alicyclic amines) is 1. The minimum atomic E-state index is -0.111. The second-order valence-corrected chi connectivity index (χ2v) is 9.48. The number of guanidine groups is 1. The molecule has 2 aliphatic carbocycles. The number of piperidine rings is 1. The SMILES string of the molecule is CCNC(=NCc1ccc(CN2CCC(O)CC2)cc1)NC1CC(OCC)C12CCC2. The van der Waals surface area contributed by atoms with Gasteiger partial charge in [0.25, 0.3) is 0 Å². The highest BCUT2D eigenvalue weighted by molar-refractivity contribution is 5.80. The molecule has 172 valence electrons. The number of ether oxygens (including phenoxy) is 1. The summed E-state index contributed by atoms with van der Waals surface area (Å²) in [5.74, 6) is 0.921. The minimum Gasteiger partial charge on any atom is -0.393 e. The van der Waals surface area contributed by atoms with E-state index in [9.17, 15) is 5.11 Å². The Morgan fingerprint density at radius 2 is 1.87 bits per heavy atom. The monoisotopic (exact) mass is 428 g/mol. The number of nitrogens with zero attached hydrogens (tertiary/aromatic N) is 2. The molecule has 6 nitrogen and oxygen atoms in total. The van der Waals surface area contributed by atoms with Crippen molar-refractivity contribution in [3.8, 4) is 0 Å². The van der Waals surface area contributed by atoms with Crippen molar-refractivity contribution >= 4 is 5.96 Å². The number of aliphatic hydroxyl groups excluding tert-OH is 1. The third-order valence-corrected chi connectivity index (χ3v) is 7.50. The van der Waals surface area contributed by atoms with Gasteiger partial charge >= 0.3 is 0 Å². The van der Waals surface area contributed by atoms with Gasteiger partial charge in [-0.05, 0) is 57.1 Å². The first-order chi connectivity index (χ1) is 15.1. The number of hydrogen-bond donors (Lipinski definition) is 3. The van der Waals surface area contributed by atoms with Crippen LogP contribution >= 0.6 is 0 Å². The maximum atomic E-state index is 9.67. The van der Waals surface area contributed by atoms with Crippen LogP contribution in [0.25, 0.3) is 0 Å². The molecular formula is C25H40N4O2. The molecule has 2 unspecified atom stereocenters. The van der Waals surface area contributed by atoms with Gasteiger partial charge in [0.2, 0.25) is 0 Å². The van der Waals surface area contributed by atoms with Crippen LogP contribution in [0.4, 0.5) is 0 Å². The maximum absolute atomic E-state index is 9.67. The number of hydrogen-bond acceptors (Lipinski definition) is 4. The van der Waals surface area contributed by atoms with E-state index in [2.05, 4.69) is 53.6 Å². The predicted octanol–water partition coefficient (Wildman–Crippen LogP) is 3.05. The van der Waals surface area contributed by atoms with Gasteiger partial charge in [-0.15, -0.1) is 0 Å². The Hall–Kier alpha value is -1.63. The first-order valence-electron chi connectivity index (χ1n) is 12.3. The van der Waals surface area contributed by atoms with Crippen LogP contribution in [0.15, 0.2) is 29.3 Å². The molecule has 1 aromatic rings. The predicted molar refractivity (Wildman–Crippen MR) is 125 cm³/mol. The van der Waals surface area contributed by atoms with Crippen molar-refractivity contribution in [1.29, 1.82) is 0 Å². The Morgan fingerprint density at radius 3 is 2.48 bits per heavy atom. The van der Waals surface area contributed by atoms with Gasteiger partial charge in [-0.2, -0.15) is 0 Å². The van der Waals surface area contributed by atoms with E-state index in [0.717, 1.165) is 58.0 Å². The molecule has 0 radical (unpaired) electrons. The summed E-state index contributed by atoms with van der Waals surface area (Å²) in [4.78, 5) is 7.30. The summed E-state index contributed by atoms with van der Waals surface area (Å²) in [6, 6.07) is 9.31. The van der Waals surface area contributed by atoms with Gasteiger partial charge in [-0.25, -0.2) is 4.99 Å². The molecule has 1 aliphatic heterocycles. The highest BCUT2D eigenvalue weighted by Crippen LogP contribution is 2.57. The van der Waals surface area contributed by atoms with Crippen LogP contribution in [0.5, 0.6) is 0 Å². The molecule has 0 amide bonds. The Balaban J connectivity index is 1.30. The summed E-state index contributed by atoms with van der Waals surface area (Å²) in [6.45, 7) is 9.50. The molecule has 1 heterocycles. The summed E-state index contributed by atoms with van der Waals surface area (Å²) >= 11 is 0. The molecule has 3 fully saturated rings. The van der Waals surface area contributed by atoms with E-state index >= 15 is 0 Å². The highest BCUT2D eigenvalue weighted by atomic mass is 16.5. The van der Waals surface area contributed by atoms with Gasteiger partial charge in [-0.1, -0.05) is 30.7 Å². The number of benzene rings is 1. The van der Waals surface area contributed by atoms with Gasteiger partial charge < -0.3 is 20.5 Å². The van der Waals surface area contributed by atoms with E-state index in [1.165, 1.54) is 30.4 Å². The van der Waals surface area contributed by atoms with E-state index in [1.54, 1.807) is 0 Å². The molecule has 4 rings (SSSR count). The molecule has 2 atom stereocenters. The molecular weight excluding hydrogens is 388 g/mol. The second-order valence-electron chi connectivity index (χ2n) is 9.48. The first kappa shape index (κ1) is 22.6. The van der Waals surface area contributed by atoms with E-state index in [-0.39, 0.29) is 6.10 Å². The fraction of sp³-hybridized carbons (Fsp3) is 0.720. The molecule has 3 aliphatic rings. The van der Waals surface area contributed by atoms with Crippen LogP contribution in [0, 0.1) is 5.41 Å². The topological polar surface area (TPSA) is 69.1 Å². The lowest BCUT2D eigenvalue weighted by Gasteiger charge is -2.61. The van der Waals surface area contributed by atoms with E-state index < -0.39 is 0 Å². The van der Waals surface area contributed by atoms with Crippen molar-refractivity contribution in [3.63, 3.8) is 0 Å². The average molecular weight is 429 g/mol. The van der Waals surface area contributed by atoms with Crippen LogP contribution in [0.1, 0.15) is 63.5 Å². The Morgan fingerprint density at radius 1 is 1.16 bits per heavy atom. The lowest BCUT2D eigenvalue weighted by Crippen LogP contribution is -2.68. The van der Waals surface area contributed by atoms with Crippen molar-refractivity contribution in [2.75, 3.05) is 26.2 Å². The Labute approximate surface area is 187 Å².